The summed E-state index contributed by atoms with van der Waals surface area (Å²) in [4.78, 5) is 27.7. The lowest BCUT2D eigenvalue weighted by Crippen LogP contribution is -2.48. The van der Waals surface area contributed by atoms with E-state index in [2.05, 4.69) is 4.90 Å². The van der Waals surface area contributed by atoms with Crippen LogP contribution in [-0.4, -0.2) is 56.3 Å². The first-order valence-corrected chi connectivity index (χ1v) is 12.8. The summed E-state index contributed by atoms with van der Waals surface area (Å²) < 4.78 is 28.2. The van der Waals surface area contributed by atoms with Crippen LogP contribution in [0.5, 0.6) is 0 Å². The van der Waals surface area contributed by atoms with Crippen molar-refractivity contribution in [3.63, 3.8) is 0 Å². The molecule has 0 spiro atoms. The average molecular weight is 493 g/mol. The van der Waals surface area contributed by atoms with E-state index in [4.69, 9.17) is 0 Å². The molecule has 0 unspecified atom stereocenters. The van der Waals surface area contributed by atoms with Gasteiger partial charge < -0.3 is 9.80 Å². The zero-order chi connectivity index (χ0) is 24.6. The number of fused-ring (bicyclic) bond motifs is 1. The summed E-state index contributed by atoms with van der Waals surface area (Å²) in [5, 5.41) is 11.2. The maximum Gasteiger partial charge on any atom is 0.271 e. The number of sulfonamides is 1. The quantitative estimate of drug-likeness (QED) is 0.400. The zero-order valence-electron chi connectivity index (χ0n) is 18.9. The molecule has 5 rings (SSSR count). The number of hydrogen-bond acceptors (Lipinski definition) is 6. The SMILES string of the molecule is O=C(c1cccc(S(=O)(=O)N2CCN(c3ccccc3)CC2)c1)N1CCc2ccc([N+](=O)[O-])cc21. The van der Waals surface area contributed by atoms with Gasteiger partial charge in [0.25, 0.3) is 11.6 Å². The summed E-state index contributed by atoms with van der Waals surface area (Å²) in [5.74, 6) is -0.379. The van der Waals surface area contributed by atoms with Crippen molar-refractivity contribution in [2.45, 2.75) is 11.3 Å². The van der Waals surface area contributed by atoms with E-state index in [1.54, 1.807) is 18.2 Å². The number of rotatable bonds is 5. The van der Waals surface area contributed by atoms with Crippen molar-refractivity contribution in [1.82, 2.24) is 4.31 Å². The van der Waals surface area contributed by atoms with Gasteiger partial charge in [0.1, 0.15) is 0 Å². The molecule has 10 heteroatoms. The number of piperazine rings is 1. The smallest absolute Gasteiger partial charge is 0.271 e. The third kappa shape index (κ3) is 4.38. The Kier molecular flexibility index (Phi) is 6.00. The van der Waals surface area contributed by atoms with Crippen molar-refractivity contribution in [1.29, 1.82) is 0 Å². The Hall–Kier alpha value is -3.76. The maximum absolute atomic E-state index is 13.4. The number of non-ortho nitro benzene ring substituents is 1. The van der Waals surface area contributed by atoms with Crippen LogP contribution < -0.4 is 9.80 Å². The fourth-order valence-corrected chi connectivity index (χ4v) is 6.08. The number of anilines is 2. The van der Waals surface area contributed by atoms with Crippen molar-refractivity contribution < 1.29 is 18.1 Å². The summed E-state index contributed by atoms with van der Waals surface area (Å²) in [6.45, 7) is 2.22. The van der Waals surface area contributed by atoms with E-state index in [0.29, 0.717) is 44.8 Å². The van der Waals surface area contributed by atoms with E-state index in [1.165, 1.54) is 33.5 Å². The zero-order valence-corrected chi connectivity index (χ0v) is 19.7. The minimum atomic E-state index is -3.78. The molecule has 1 amide bonds. The number of carbonyl (C=O) groups excluding carboxylic acids is 1. The summed E-state index contributed by atoms with van der Waals surface area (Å²) >= 11 is 0. The number of para-hydroxylation sites is 1. The second kappa shape index (κ2) is 9.12. The van der Waals surface area contributed by atoms with Gasteiger partial charge in [0.15, 0.2) is 0 Å². The lowest BCUT2D eigenvalue weighted by atomic mass is 10.1. The van der Waals surface area contributed by atoms with Crippen molar-refractivity contribution in [3.8, 4) is 0 Å². The highest BCUT2D eigenvalue weighted by Crippen LogP contribution is 2.33. The van der Waals surface area contributed by atoms with Crippen LogP contribution >= 0.6 is 0 Å². The van der Waals surface area contributed by atoms with Gasteiger partial charge in [-0.3, -0.25) is 14.9 Å². The first-order chi connectivity index (χ1) is 16.8. The number of benzene rings is 3. The Morgan fingerprint density at radius 2 is 1.60 bits per heavy atom. The van der Waals surface area contributed by atoms with Gasteiger partial charge in [-0.2, -0.15) is 4.31 Å². The standard InChI is InChI=1S/C25H24N4O5S/c30-25(28-12-11-19-9-10-22(29(31)32)18-24(19)28)20-5-4-8-23(17-20)35(33,34)27-15-13-26(14-16-27)21-6-2-1-3-7-21/h1-10,17-18H,11-16H2. The molecule has 2 heterocycles. The van der Waals surface area contributed by atoms with Gasteiger partial charge in [0.05, 0.1) is 15.5 Å². The lowest BCUT2D eigenvalue weighted by molar-refractivity contribution is -0.384. The molecule has 2 aliphatic rings. The number of hydrogen-bond donors (Lipinski definition) is 0. The Morgan fingerprint density at radius 3 is 2.31 bits per heavy atom. The van der Waals surface area contributed by atoms with E-state index < -0.39 is 14.9 Å². The van der Waals surface area contributed by atoms with Crippen molar-refractivity contribution in [3.05, 3.63) is 94.0 Å². The highest BCUT2D eigenvalue weighted by atomic mass is 32.2. The number of nitrogens with zero attached hydrogens (tertiary/aromatic N) is 4. The van der Waals surface area contributed by atoms with Crippen molar-refractivity contribution in [2.75, 3.05) is 42.5 Å². The molecule has 0 saturated carbocycles. The van der Waals surface area contributed by atoms with Crippen LogP contribution in [0, 0.1) is 10.1 Å². The second-order valence-corrected chi connectivity index (χ2v) is 10.5. The van der Waals surface area contributed by atoms with E-state index in [0.717, 1.165) is 11.3 Å². The summed E-state index contributed by atoms with van der Waals surface area (Å²) in [6, 6.07) is 20.4. The summed E-state index contributed by atoms with van der Waals surface area (Å²) in [7, 11) is -3.78. The van der Waals surface area contributed by atoms with Crippen molar-refractivity contribution >= 4 is 33.0 Å². The fraction of sp³-hybridized carbons (Fsp3) is 0.240. The summed E-state index contributed by atoms with van der Waals surface area (Å²) in [5.41, 5.74) is 2.55. The first kappa shape index (κ1) is 23.0. The average Bonchev–Trinajstić information content (AvgIpc) is 3.32. The third-order valence-corrected chi connectivity index (χ3v) is 8.39. The Balaban J connectivity index is 1.35. The van der Waals surface area contributed by atoms with E-state index in [9.17, 15) is 23.3 Å². The monoisotopic (exact) mass is 492 g/mol. The molecule has 3 aromatic carbocycles. The molecule has 180 valence electrons. The number of amides is 1. The predicted octanol–water partition coefficient (Wildman–Crippen LogP) is 3.31. The molecule has 0 N–H and O–H groups in total. The molecule has 0 aliphatic carbocycles. The fourth-order valence-electron chi connectivity index (χ4n) is 4.61. The van der Waals surface area contributed by atoms with Crippen LogP contribution in [0.25, 0.3) is 0 Å². The molecular weight excluding hydrogens is 468 g/mol. The number of nitro benzene ring substituents is 1. The molecule has 1 saturated heterocycles. The topological polar surface area (TPSA) is 104 Å². The van der Waals surface area contributed by atoms with Crippen LogP contribution in [0.4, 0.5) is 17.1 Å². The molecule has 1 fully saturated rings. The van der Waals surface area contributed by atoms with Crippen LogP contribution in [-0.2, 0) is 16.4 Å². The molecule has 2 aliphatic heterocycles. The highest BCUT2D eigenvalue weighted by Gasteiger charge is 2.31. The van der Waals surface area contributed by atoms with Gasteiger partial charge in [-0.1, -0.05) is 30.3 Å². The van der Waals surface area contributed by atoms with Crippen LogP contribution in [0.2, 0.25) is 0 Å². The molecular formula is C25H24N4O5S. The number of carbonyl (C=O) groups is 1. The van der Waals surface area contributed by atoms with Gasteiger partial charge in [-0.15, -0.1) is 0 Å². The van der Waals surface area contributed by atoms with Crippen LogP contribution in [0.1, 0.15) is 15.9 Å². The Labute approximate surface area is 203 Å². The second-order valence-electron chi connectivity index (χ2n) is 8.53. The Morgan fingerprint density at radius 1 is 0.857 bits per heavy atom. The predicted molar refractivity (Wildman–Crippen MR) is 132 cm³/mol. The van der Waals surface area contributed by atoms with Gasteiger partial charge in [-0.05, 0) is 42.3 Å². The molecule has 0 bridgehead atoms. The molecule has 0 atom stereocenters. The molecule has 3 aromatic rings. The van der Waals surface area contributed by atoms with Crippen molar-refractivity contribution in [2.24, 2.45) is 0 Å². The minimum Gasteiger partial charge on any atom is -0.369 e. The van der Waals surface area contributed by atoms with E-state index in [-0.39, 0.29) is 22.1 Å². The lowest BCUT2D eigenvalue weighted by Gasteiger charge is -2.35. The van der Waals surface area contributed by atoms with Gasteiger partial charge >= 0.3 is 0 Å². The minimum absolute atomic E-state index is 0.0648. The highest BCUT2D eigenvalue weighted by molar-refractivity contribution is 7.89. The van der Waals surface area contributed by atoms with Gasteiger partial charge in [0.2, 0.25) is 10.0 Å². The third-order valence-electron chi connectivity index (χ3n) is 6.50. The normalized spacial score (nSPS) is 16.2. The largest absolute Gasteiger partial charge is 0.369 e. The van der Waals surface area contributed by atoms with Crippen LogP contribution in [0.3, 0.4) is 0 Å². The van der Waals surface area contributed by atoms with E-state index >= 15 is 0 Å². The molecule has 0 aromatic heterocycles. The van der Waals surface area contributed by atoms with E-state index in [1.807, 2.05) is 30.3 Å². The van der Waals surface area contributed by atoms with Gasteiger partial charge in [-0.25, -0.2) is 8.42 Å². The van der Waals surface area contributed by atoms with Gasteiger partial charge in [0, 0.05) is 56.1 Å². The molecule has 0 radical (unpaired) electrons. The molecule has 35 heavy (non-hydrogen) atoms. The van der Waals surface area contributed by atoms with Crippen LogP contribution in [0.15, 0.2) is 77.7 Å². The molecule has 9 nitrogen and oxygen atoms in total. The Bertz CT molecular complexity index is 1390. The first-order valence-electron chi connectivity index (χ1n) is 11.3. The summed E-state index contributed by atoms with van der Waals surface area (Å²) in [6.07, 6.45) is 0.586. The maximum atomic E-state index is 13.4. The number of nitro groups is 1.